The van der Waals surface area contributed by atoms with E-state index in [1.54, 1.807) is 0 Å². The van der Waals surface area contributed by atoms with Crippen molar-refractivity contribution in [1.29, 1.82) is 0 Å². The molecular formula is C55H33N3O. The SMILES string of the molecule is c1ccc2c(c1)ccc1c2nc(-c2ccc(-c3cc(-n4c5ccccc5c5ccccc54)cc(-n4c5ccccc5c5ccccc54)c3)cc2)c2c3ccccc3oc12. The highest BCUT2D eigenvalue weighted by molar-refractivity contribution is 6.23. The zero-order valence-electron chi connectivity index (χ0n) is 31.8. The fraction of sp³-hybridized carbons (Fsp3) is 0. The highest BCUT2D eigenvalue weighted by atomic mass is 16.3. The molecule has 0 fully saturated rings. The van der Waals surface area contributed by atoms with E-state index >= 15 is 0 Å². The number of hydrogen-bond donors (Lipinski definition) is 0. The van der Waals surface area contributed by atoms with Crippen LogP contribution in [0.1, 0.15) is 0 Å². The lowest BCUT2D eigenvalue weighted by atomic mass is 9.97. The van der Waals surface area contributed by atoms with Crippen molar-refractivity contribution in [2.75, 3.05) is 0 Å². The van der Waals surface area contributed by atoms with Crippen LogP contribution in [0.2, 0.25) is 0 Å². The molecule has 13 aromatic rings. The molecule has 0 spiro atoms. The van der Waals surface area contributed by atoms with Gasteiger partial charge in [0.25, 0.3) is 0 Å². The molecule has 0 aliphatic heterocycles. The lowest BCUT2D eigenvalue weighted by Gasteiger charge is -2.16. The summed E-state index contributed by atoms with van der Waals surface area (Å²) in [5, 5.41) is 10.4. The number of aromatic nitrogens is 3. The highest BCUT2D eigenvalue weighted by Gasteiger charge is 2.20. The molecule has 4 heteroatoms. The topological polar surface area (TPSA) is 35.9 Å². The molecule has 4 nitrogen and oxygen atoms in total. The predicted molar refractivity (Wildman–Crippen MR) is 246 cm³/mol. The van der Waals surface area contributed by atoms with Gasteiger partial charge in [-0.25, -0.2) is 4.98 Å². The number of rotatable bonds is 4. The second-order valence-corrected chi connectivity index (χ2v) is 15.5. The van der Waals surface area contributed by atoms with E-state index < -0.39 is 0 Å². The van der Waals surface area contributed by atoms with Gasteiger partial charge in [-0.05, 0) is 71.1 Å². The van der Waals surface area contributed by atoms with E-state index in [0.717, 1.165) is 77.4 Å². The number of hydrogen-bond acceptors (Lipinski definition) is 2. The van der Waals surface area contributed by atoms with Gasteiger partial charge in [-0.3, -0.25) is 0 Å². The minimum atomic E-state index is 0.863. The minimum absolute atomic E-state index is 0.863. The number of fused-ring (bicyclic) bond motifs is 13. The molecule has 0 saturated carbocycles. The highest BCUT2D eigenvalue weighted by Crippen LogP contribution is 2.42. The molecule has 274 valence electrons. The monoisotopic (exact) mass is 751 g/mol. The van der Waals surface area contributed by atoms with Gasteiger partial charge in [0.1, 0.15) is 11.2 Å². The van der Waals surface area contributed by atoms with Crippen LogP contribution < -0.4 is 0 Å². The van der Waals surface area contributed by atoms with E-state index in [2.05, 4.69) is 197 Å². The van der Waals surface area contributed by atoms with Crippen LogP contribution in [0.25, 0.3) is 121 Å². The van der Waals surface area contributed by atoms with E-state index in [4.69, 9.17) is 9.40 Å². The normalized spacial score (nSPS) is 12.1. The predicted octanol–water partition coefficient (Wildman–Crippen LogP) is 14.8. The summed E-state index contributed by atoms with van der Waals surface area (Å²) in [6.45, 7) is 0. The molecule has 4 aromatic heterocycles. The molecule has 0 atom stereocenters. The Labute approximate surface area is 338 Å². The van der Waals surface area contributed by atoms with E-state index in [9.17, 15) is 0 Å². The fourth-order valence-electron chi connectivity index (χ4n) is 9.65. The Balaban J connectivity index is 1.06. The Morgan fingerprint density at radius 3 is 1.41 bits per heavy atom. The second-order valence-electron chi connectivity index (χ2n) is 15.5. The molecule has 0 aliphatic rings. The maximum atomic E-state index is 6.64. The summed E-state index contributed by atoms with van der Waals surface area (Å²) in [6.07, 6.45) is 0. The van der Waals surface area contributed by atoms with Crippen LogP contribution in [-0.4, -0.2) is 14.1 Å². The molecule has 0 radical (unpaired) electrons. The summed E-state index contributed by atoms with van der Waals surface area (Å²) in [5.41, 5.74) is 13.8. The minimum Gasteiger partial charge on any atom is -0.455 e. The second kappa shape index (κ2) is 12.3. The van der Waals surface area contributed by atoms with Gasteiger partial charge in [0.15, 0.2) is 0 Å². The molecule has 9 aromatic carbocycles. The number of benzene rings is 9. The van der Waals surface area contributed by atoms with Crippen molar-refractivity contribution in [3.8, 4) is 33.8 Å². The van der Waals surface area contributed by atoms with Gasteiger partial charge >= 0.3 is 0 Å². The number of pyridine rings is 1. The molecule has 0 bridgehead atoms. The fourth-order valence-corrected chi connectivity index (χ4v) is 9.65. The first-order valence-electron chi connectivity index (χ1n) is 20.1. The molecule has 0 aliphatic carbocycles. The first kappa shape index (κ1) is 32.2. The summed E-state index contributed by atoms with van der Waals surface area (Å²) < 4.78 is 11.5. The quantitative estimate of drug-likeness (QED) is 0.168. The Bertz CT molecular complexity index is 3610. The lowest BCUT2D eigenvalue weighted by molar-refractivity contribution is 0.672. The third-order valence-electron chi connectivity index (χ3n) is 12.3. The van der Waals surface area contributed by atoms with Gasteiger partial charge in [-0.15, -0.1) is 0 Å². The molecule has 0 unspecified atom stereocenters. The molecule has 4 heterocycles. The van der Waals surface area contributed by atoms with Gasteiger partial charge in [0.05, 0.1) is 38.7 Å². The van der Waals surface area contributed by atoms with Crippen molar-refractivity contribution in [3.05, 3.63) is 200 Å². The maximum Gasteiger partial charge on any atom is 0.147 e. The summed E-state index contributed by atoms with van der Waals surface area (Å²) in [4.78, 5) is 5.47. The van der Waals surface area contributed by atoms with Gasteiger partial charge in [-0.1, -0.05) is 146 Å². The van der Waals surface area contributed by atoms with Crippen LogP contribution in [0, 0.1) is 0 Å². The summed E-state index contributed by atoms with van der Waals surface area (Å²) in [6, 6.07) is 72.0. The van der Waals surface area contributed by atoms with Gasteiger partial charge in [-0.2, -0.15) is 0 Å². The van der Waals surface area contributed by atoms with Crippen molar-refractivity contribution in [2.45, 2.75) is 0 Å². The zero-order chi connectivity index (χ0) is 38.6. The molecule has 13 rings (SSSR count). The van der Waals surface area contributed by atoms with Crippen molar-refractivity contribution in [2.24, 2.45) is 0 Å². The Morgan fingerprint density at radius 2 is 0.831 bits per heavy atom. The Hall–Kier alpha value is -7.95. The van der Waals surface area contributed by atoms with E-state index in [-0.39, 0.29) is 0 Å². The Morgan fingerprint density at radius 1 is 0.356 bits per heavy atom. The van der Waals surface area contributed by atoms with Gasteiger partial charge in [0, 0.05) is 54.6 Å². The molecule has 0 N–H and O–H groups in total. The third-order valence-corrected chi connectivity index (χ3v) is 12.3. The number of nitrogens with zero attached hydrogens (tertiary/aromatic N) is 3. The average Bonchev–Trinajstić information content (AvgIpc) is 3.97. The van der Waals surface area contributed by atoms with Crippen molar-refractivity contribution in [3.63, 3.8) is 0 Å². The molecule has 59 heavy (non-hydrogen) atoms. The van der Waals surface area contributed by atoms with E-state index in [1.165, 1.54) is 43.6 Å². The van der Waals surface area contributed by atoms with Crippen molar-refractivity contribution >= 4 is 87.2 Å². The lowest BCUT2D eigenvalue weighted by Crippen LogP contribution is -2.00. The molecule has 0 saturated heterocycles. The first-order valence-corrected chi connectivity index (χ1v) is 20.1. The van der Waals surface area contributed by atoms with E-state index in [0.29, 0.717) is 0 Å². The largest absolute Gasteiger partial charge is 0.455 e. The van der Waals surface area contributed by atoms with Gasteiger partial charge in [0.2, 0.25) is 0 Å². The summed E-state index contributed by atoms with van der Waals surface area (Å²) >= 11 is 0. The number of para-hydroxylation sites is 5. The standard InChI is InChI=1S/C55H33N3O/c1-2-14-40-35(13-1)29-30-46-54(40)56-53(52-45-19-7-12-24-51(45)59-55(46)52)36-27-25-34(26-28-36)37-31-38(57-47-20-8-3-15-41(47)42-16-4-9-21-48(42)57)33-39(32-37)58-49-22-10-5-17-43(49)44-18-6-11-23-50(44)58/h1-33H. The van der Waals surface area contributed by atoms with Crippen LogP contribution >= 0.6 is 0 Å². The van der Waals surface area contributed by atoms with Crippen LogP contribution in [0.4, 0.5) is 0 Å². The smallest absolute Gasteiger partial charge is 0.147 e. The van der Waals surface area contributed by atoms with Crippen LogP contribution in [0.15, 0.2) is 205 Å². The van der Waals surface area contributed by atoms with E-state index in [1.807, 2.05) is 12.1 Å². The summed E-state index contributed by atoms with van der Waals surface area (Å²) in [5.74, 6) is 0. The third kappa shape index (κ3) is 4.69. The zero-order valence-corrected chi connectivity index (χ0v) is 31.8. The van der Waals surface area contributed by atoms with Crippen LogP contribution in [-0.2, 0) is 0 Å². The van der Waals surface area contributed by atoms with Crippen LogP contribution in [0.3, 0.4) is 0 Å². The van der Waals surface area contributed by atoms with Crippen molar-refractivity contribution in [1.82, 2.24) is 14.1 Å². The maximum absolute atomic E-state index is 6.64. The summed E-state index contributed by atoms with van der Waals surface area (Å²) in [7, 11) is 0. The Kier molecular flexibility index (Phi) is 6.69. The molecular weight excluding hydrogens is 719 g/mol. The van der Waals surface area contributed by atoms with Crippen molar-refractivity contribution < 1.29 is 4.42 Å². The molecule has 0 amide bonds. The first-order chi connectivity index (χ1) is 29.3. The number of furan rings is 1. The van der Waals surface area contributed by atoms with Crippen LogP contribution in [0.5, 0.6) is 0 Å². The average molecular weight is 752 g/mol. The van der Waals surface area contributed by atoms with Gasteiger partial charge < -0.3 is 13.6 Å².